The second-order valence-corrected chi connectivity index (χ2v) is 4.70. The molecule has 0 saturated carbocycles. The molecule has 2 rings (SSSR count). The predicted octanol–water partition coefficient (Wildman–Crippen LogP) is 3.06. The highest BCUT2D eigenvalue weighted by atomic mass is 35.5. The SMILES string of the molecule is NC(=NO)c1ncccc1COc1cc(Cl)ccc1Cl. The summed E-state index contributed by atoms with van der Waals surface area (Å²) >= 11 is 11.9. The van der Waals surface area contributed by atoms with Crippen molar-refractivity contribution in [3.05, 3.63) is 57.8 Å². The van der Waals surface area contributed by atoms with Gasteiger partial charge in [-0.1, -0.05) is 34.4 Å². The minimum Gasteiger partial charge on any atom is -0.487 e. The molecule has 20 heavy (non-hydrogen) atoms. The van der Waals surface area contributed by atoms with E-state index in [-0.39, 0.29) is 12.4 Å². The maximum atomic E-state index is 8.72. The van der Waals surface area contributed by atoms with Gasteiger partial charge in [0.2, 0.25) is 0 Å². The second-order valence-electron chi connectivity index (χ2n) is 3.86. The Kier molecular flexibility index (Phi) is 4.65. The van der Waals surface area contributed by atoms with Gasteiger partial charge in [0, 0.05) is 22.8 Å². The number of amidine groups is 1. The van der Waals surface area contributed by atoms with Crippen LogP contribution in [0.5, 0.6) is 5.75 Å². The Hall–Kier alpha value is -1.98. The lowest BCUT2D eigenvalue weighted by Crippen LogP contribution is -2.18. The third-order valence-corrected chi connectivity index (χ3v) is 3.07. The van der Waals surface area contributed by atoms with Crippen molar-refractivity contribution in [1.29, 1.82) is 0 Å². The molecule has 3 N–H and O–H groups in total. The number of rotatable bonds is 4. The summed E-state index contributed by atoms with van der Waals surface area (Å²) in [5, 5.41) is 12.6. The van der Waals surface area contributed by atoms with Crippen LogP contribution in [-0.4, -0.2) is 16.0 Å². The number of oxime groups is 1. The van der Waals surface area contributed by atoms with Gasteiger partial charge < -0.3 is 15.7 Å². The summed E-state index contributed by atoms with van der Waals surface area (Å²) in [6.45, 7) is 0.166. The van der Waals surface area contributed by atoms with Crippen molar-refractivity contribution >= 4 is 29.0 Å². The van der Waals surface area contributed by atoms with Crippen LogP contribution >= 0.6 is 23.2 Å². The van der Waals surface area contributed by atoms with Crippen LogP contribution in [0.1, 0.15) is 11.3 Å². The van der Waals surface area contributed by atoms with Crippen molar-refractivity contribution in [2.24, 2.45) is 10.9 Å². The Labute approximate surface area is 125 Å². The van der Waals surface area contributed by atoms with E-state index in [1.807, 2.05) is 0 Å². The molecule has 0 aliphatic heterocycles. The van der Waals surface area contributed by atoms with E-state index in [0.717, 1.165) is 0 Å². The smallest absolute Gasteiger partial charge is 0.189 e. The fourth-order valence-electron chi connectivity index (χ4n) is 1.58. The molecule has 104 valence electrons. The quantitative estimate of drug-likeness (QED) is 0.393. The van der Waals surface area contributed by atoms with Gasteiger partial charge in [-0.05, 0) is 18.2 Å². The van der Waals surface area contributed by atoms with Crippen molar-refractivity contribution in [3.63, 3.8) is 0 Å². The fourth-order valence-corrected chi connectivity index (χ4v) is 1.91. The van der Waals surface area contributed by atoms with E-state index in [4.69, 9.17) is 38.9 Å². The molecule has 0 aliphatic rings. The standard InChI is InChI=1S/C13H11Cl2N3O2/c14-9-3-4-10(15)11(6-9)20-7-8-2-1-5-17-12(8)13(16)18-19/h1-6,19H,7H2,(H2,16,18). The maximum absolute atomic E-state index is 8.72. The van der Waals surface area contributed by atoms with Gasteiger partial charge in [-0.15, -0.1) is 0 Å². The van der Waals surface area contributed by atoms with E-state index in [2.05, 4.69) is 10.1 Å². The molecule has 0 amide bonds. The Morgan fingerprint density at radius 1 is 1.35 bits per heavy atom. The monoisotopic (exact) mass is 311 g/mol. The number of ether oxygens (including phenoxy) is 1. The first kappa shape index (κ1) is 14.4. The average molecular weight is 312 g/mol. The van der Waals surface area contributed by atoms with Gasteiger partial charge in [-0.2, -0.15) is 0 Å². The molecule has 0 saturated heterocycles. The zero-order valence-electron chi connectivity index (χ0n) is 10.3. The molecule has 1 heterocycles. The van der Waals surface area contributed by atoms with Gasteiger partial charge in [0.25, 0.3) is 0 Å². The highest BCUT2D eigenvalue weighted by Gasteiger charge is 2.10. The summed E-state index contributed by atoms with van der Waals surface area (Å²) in [5.74, 6) is 0.370. The molecule has 1 aromatic heterocycles. The van der Waals surface area contributed by atoms with E-state index < -0.39 is 0 Å². The van der Waals surface area contributed by atoms with Crippen LogP contribution in [0.3, 0.4) is 0 Å². The molecular weight excluding hydrogens is 301 g/mol. The second kappa shape index (κ2) is 6.45. The predicted molar refractivity (Wildman–Crippen MR) is 77.5 cm³/mol. The normalized spacial score (nSPS) is 11.4. The zero-order chi connectivity index (χ0) is 14.5. The van der Waals surface area contributed by atoms with Gasteiger partial charge in [0.1, 0.15) is 18.1 Å². The fraction of sp³-hybridized carbons (Fsp3) is 0.0769. The number of nitrogens with zero attached hydrogens (tertiary/aromatic N) is 2. The minimum absolute atomic E-state index is 0.0820. The molecule has 7 heteroatoms. The summed E-state index contributed by atoms with van der Waals surface area (Å²) < 4.78 is 5.59. The third-order valence-electron chi connectivity index (χ3n) is 2.52. The number of hydrogen-bond donors (Lipinski definition) is 2. The number of hydrogen-bond acceptors (Lipinski definition) is 4. The Bertz CT molecular complexity index is 647. The van der Waals surface area contributed by atoms with E-state index in [0.29, 0.717) is 27.1 Å². The number of aromatic nitrogens is 1. The molecular formula is C13H11Cl2N3O2. The van der Waals surface area contributed by atoms with Crippen molar-refractivity contribution in [1.82, 2.24) is 4.98 Å². The van der Waals surface area contributed by atoms with Gasteiger partial charge >= 0.3 is 0 Å². The maximum Gasteiger partial charge on any atom is 0.189 e. The molecule has 0 unspecified atom stereocenters. The summed E-state index contributed by atoms with van der Waals surface area (Å²) in [5.41, 5.74) is 6.57. The zero-order valence-corrected chi connectivity index (χ0v) is 11.8. The number of benzene rings is 1. The number of halogens is 2. The molecule has 0 aliphatic carbocycles. The van der Waals surface area contributed by atoms with E-state index in [1.54, 1.807) is 36.5 Å². The Balaban J connectivity index is 2.21. The molecule has 0 spiro atoms. The van der Waals surface area contributed by atoms with Gasteiger partial charge in [0.05, 0.1) is 5.02 Å². The first-order valence-corrected chi connectivity index (χ1v) is 6.37. The highest BCUT2D eigenvalue weighted by Crippen LogP contribution is 2.28. The average Bonchev–Trinajstić information content (AvgIpc) is 2.47. The van der Waals surface area contributed by atoms with Gasteiger partial charge in [-0.25, -0.2) is 0 Å². The van der Waals surface area contributed by atoms with Crippen molar-refractivity contribution < 1.29 is 9.94 Å². The topological polar surface area (TPSA) is 80.7 Å². The van der Waals surface area contributed by atoms with Crippen LogP contribution in [0, 0.1) is 0 Å². The van der Waals surface area contributed by atoms with Crippen LogP contribution in [0.2, 0.25) is 10.0 Å². The van der Waals surface area contributed by atoms with Gasteiger partial charge in [0.15, 0.2) is 5.84 Å². The Morgan fingerprint density at radius 2 is 2.15 bits per heavy atom. The summed E-state index contributed by atoms with van der Waals surface area (Å²) in [6, 6.07) is 8.42. The minimum atomic E-state index is -0.0820. The summed E-state index contributed by atoms with van der Waals surface area (Å²) in [4.78, 5) is 4.05. The largest absolute Gasteiger partial charge is 0.487 e. The van der Waals surface area contributed by atoms with Crippen LogP contribution < -0.4 is 10.5 Å². The molecule has 2 aromatic rings. The molecule has 0 fully saturated rings. The van der Waals surface area contributed by atoms with E-state index >= 15 is 0 Å². The van der Waals surface area contributed by atoms with Crippen LogP contribution in [0.15, 0.2) is 41.7 Å². The lowest BCUT2D eigenvalue weighted by atomic mass is 10.2. The van der Waals surface area contributed by atoms with E-state index in [1.165, 1.54) is 0 Å². The lowest BCUT2D eigenvalue weighted by Gasteiger charge is -2.10. The van der Waals surface area contributed by atoms with Crippen molar-refractivity contribution in [2.75, 3.05) is 0 Å². The Morgan fingerprint density at radius 3 is 2.90 bits per heavy atom. The molecule has 0 radical (unpaired) electrons. The first-order chi connectivity index (χ1) is 9.61. The van der Waals surface area contributed by atoms with Crippen LogP contribution in [0.25, 0.3) is 0 Å². The number of nitrogens with two attached hydrogens (primary N) is 1. The van der Waals surface area contributed by atoms with Crippen LogP contribution in [-0.2, 0) is 6.61 Å². The first-order valence-electron chi connectivity index (χ1n) is 5.61. The van der Waals surface area contributed by atoms with Crippen molar-refractivity contribution in [3.8, 4) is 5.75 Å². The third kappa shape index (κ3) is 3.31. The molecule has 0 atom stereocenters. The molecule has 0 bridgehead atoms. The number of pyridine rings is 1. The molecule has 5 nitrogen and oxygen atoms in total. The lowest BCUT2D eigenvalue weighted by molar-refractivity contribution is 0.304. The summed E-state index contributed by atoms with van der Waals surface area (Å²) in [6.07, 6.45) is 1.54. The van der Waals surface area contributed by atoms with E-state index in [9.17, 15) is 0 Å². The van der Waals surface area contributed by atoms with Crippen LogP contribution in [0.4, 0.5) is 0 Å². The van der Waals surface area contributed by atoms with Gasteiger partial charge in [-0.3, -0.25) is 4.98 Å². The molecule has 1 aromatic carbocycles. The van der Waals surface area contributed by atoms with Crippen molar-refractivity contribution in [2.45, 2.75) is 6.61 Å². The summed E-state index contributed by atoms with van der Waals surface area (Å²) in [7, 11) is 0. The highest BCUT2D eigenvalue weighted by molar-refractivity contribution is 6.34.